The van der Waals surface area contributed by atoms with Gasteiger partial charge in [0, 0.05) is 13.7 Å². The van der Waals surface area contributed by atoms with Gasteiger partial charge in [0.15, 0.2) is 0 Å². The third kappa shape index (κ3) is 5.27. The van der Waals surface area contributed by atoms with Gasteiger partial charge in [-0.1, -0.05) is 12.1 Å². The van der Waals surface area contributed by atoms with Crippen LogP contribution in [-0.4, -0.2) is 55.9 Å². The van der Waals surface area contributed by atoms with Gasteiger partial charge in [-0.15, -0.1) is 0 Å². The first-order chi connectivity index (χ1) is 11.0. The maximum Gasteiger partial charge on any atom is 0.234 e. The lowest BCUT2D eigenvalue weighted by molar-refractivity contribution is -0.124. The Morgan fingerprint density at radius 1 is 1.43 bits per heavy atom. The van der Waals surface area contributed by atoms with Crippen molar-refractivity contribution in [1.82, 2.24) is 10.2 Å². The number of ether oxygens (including phenoxy) is 1. The molecule has 5 nitrogen and oxygen atoms in total. The predicted molar refractivity (Wildman–Crippen MR) is 85.4 cm³/mol. The van der Waals surface area contributed by atoms with Crippen molar-refractivity contribution >= 4 is 5.91 Å². The van der Waals surface area contributed by atoms with Crippen LogP contribution in [0, 0.1) is 11.7 Å². The van der Waals surface area contributed by atoms with Crippen molar-refractivity contribution in [3.05, 3.63) is 35.6 Å². The lowest BCUT2D eigenvalue weighted by Crippen LogP contribution is -2.44. The number of nitrogens with zero attached hydrogens (tertiary/aromatic N) is 1. The summed E-state index contributed by atoms with van der Waals surface area (Å²) in [6, 6.07) is 5.99. The highest BCUT2D eigenvalue weighted by Gasteiger charge is 2.35. The van der Waals surface area contributed by atoms with Crippen LogP contribution >= 0.6 is 0 Å². The smallest absolute Gasteiger partial charge is 0.234 e. The van der Waals surface area contributed by atoms with Crippen LogP contribution in [0.15, 0.2) is 24.3 Å². The van der Waals surface area contributed by atoms with E-state index in [0.29, 0.717) is 26.0 Å². The molecule has 0 heterocycles. The first-order valence-corrected chi connectivity index (χ1v) is 7.90. The number of halogens is 1. The Labute approximate surface area is 136 Å². The molecule has 0 spiro atoms. The van der Waals surface area contributed by atoms with Gasteiger partial charge in [0.05, 0.1) is 25.3 Å². The molecule has 0 aromatic heterocycles. The summed E-state index contributed by atoms with van der Waals surface area (Å²) < 4.78 is 18.1. The molecule has 1 aliphatic carbocycles. The van der Waals surface area contributed by atoms with Gasteiger partial charge in [-0.2, -0.15) is 0 Å². The van der Waals surface area contributed by atoms with Crippen LogP contribution in [0.2, 0.25) is 0 Å². The van der Waals surface area contributed by atoms with E-state index in [1.54, 1.807) is 19.2 Å². The Kier molecular flexibility index (Phi) is 6.50. The second-order valence-electron chi connectivity index (χ2n) is 6.21. The second-order valence-corrected chi connectivity index (χ2v) is 6.21. The van der Waals surface area contributed by atoms with E-state index in [1.165, 1.54) is 12.1 Å². The van der Waals surface area contributed by atoms with Crippen molar-refractivity contribution in [3.63, 3.8) is 0 Å². The molecule has 1 atom stereocenters. The Bertz CT molecular complexity index is 503. The molecule has 2 N–H and O–H groups in total. The van der Waals surface area contributed by atoms with Gasteiger partial charge in [0.25, 0.3) is 0 Å². The third-order valence-corrected chi connectivity index (χ3v) is 4.26. The number of amides is 1. The van der Waals surface area contributed by atoms with Crippen molar-refractivity contribution in [2.45, 2.75) is 25.0 Å². The van der Waals surface area contributed by atoms with Crippen molar-refractivity contribution in [2.24, 2.45) is 5.92 Å². The molecule has 1 aromatic rings. The summed E-state index contributed by atoms with van der Waals surface area (Å²) in [5.41, 5.74) is 0.871. The number of carbonyl (C=O) groups is 1. The standard InChI is InChI=1S/C17H25FN2O3/c1-20(7-8-23-2)11-16(22)19-17(13-9-15(21)10-13)12-3-5-14(18)6-4-12/h3-6,13,15,17,21H,7-11H2,1-2H3,(H,19,22)/t13?,15?,17-/m1/s1. The molecule has 1 aliphatic rings. The fraction of sp³-hybridized carbons (Fsp3) is 0.588. The fourth-order valence-electron chi connectivity index (χ4n) is 2.84. The number of hydrogen-bond acceptors (Lipinski definition) is 4. The van der Waals surface area contributed by atoms with Crippen LogP contribution in [0.5, 0.6) is 0 Å². The van der Waals surface area contributed by atoms with Gasteiger partial charge in [-0.25, -0.2) is 4.39 Å². The molecule has 128 valence electrons. The molecule has 0 unspecified atom stereocenters. The summed E-state index contributed by atoms with van der Waals surface area (Å²) >= 11 is 0. The van der Waals surface area contributed by atoms with Crippen LogP contribution in [0.25, 0.3) is 0 Å². The number of methoxy groups -OCH3 is 1. The number of likely N-dealkylation sites (N-methyl/N-ethyl adjacent to an activating group) is 1. The first kappa shape index (κ1) is 17.8. The number of rotatable bonds is 8. The summed E-state index contributed by atoms with van der Waals surface area (Å²) in [5.74, 6) is -0.199. The minimum atomic E-state index is -0.302. The zero-order chi connectivity index (χ0) is 16.8. The number of aliphatic hydroxyl groups is 1. The zero-order valence-electron chi connectivity index (χ0n) is 13.7. The van der Waals surface area contributed by atoms with Crippen LogP contribution in [-0.2, 0) is 9.53 Å². The monoisotopic (exact) mass is 324 g/mol. The van der Waals surface area contributed by atoms with E-state index in [-0.39, 0.29) is 36.3 Å². The number of aliphatic hydroxyl groups excluding tert-OH is 1. The van der Waals surface area contributed by atoms with E-state index in [4.69, 9.17) is 4.74 Å². The SMILES string of the molecule is COCCN(C)CC(=O)N[C@H](c1ccc(F)cc1)C1CC(O)C1. The minimum absolute atomic E-state index is 0.0840. The minimum Gasteiger partial charge on any atom is -0.393 e. The summed E-state index contributed by atoms with van der Waals surface area (Å²) in [6.45, 7) is 1.52. The molecule has 0 aliphatic heterocycles. The van der Waals surface area contributed by atoms with Gasteiger partial charge in [-0.05, 0) is 43.5 Å². The molecule has 1 aromatic carbocycles. The molecule has 2 rings (SSSR count). The van der Waals surface area contributed by atoms with Gasteiger partial charge in [0.2, 0.25) is 5.91 Å². The largest absolute Gasteiger partial charge is 0.393 e. The van der Waals surface area contributed by atoms with Crippen molar-refractivity contribution in [2.75, 3.05) is 33.9 Å². The van der Waals surface area contributed by atoms with Gasteiger partial charge in [-0.3, -0.25) is 9.69 Å². The van der Waals surface area contributed by atoms with Gasteiger partial charge < -0.3 is 15.2 Å². The lowest BCUT2D eigenvalue weighted by atomic mass is 9.75. The molecule has 0 bridgehead atoms. The van der Waals surface area contributed by atoms with E-state index in [2.05, 4.69) is 5.32 Å². The topological polar surface area (TPSA) is 61.8 Å². The Hall–Kier alpha value is -1.50. The molecule has 1 saturated carbocycles. The first-order valence-electron chi connectivity index (χ1n) is 7.90. The number of nitrogens with one attached hydrogen (secondary N) is 1. The summed E-state index contributed by atoms with van der Waals surface area (Å²) in [7, 11) is 3.49. The Balaban J connectivity index is 1.97. The van der Waals surface area contributed by atoms with Crippen LogP contribution in [0.1, 0.15) is 24.4 Å². The van der Waals surface area contributed by atoms with E-state index >= 15 is 0 Å². The number of carbonyl (C=O) groups excluding carboxylic acids is 1. The van der Waals surface area contributed by atoms with E-state index in [9.17, 15) is 14.3 Å². The van der Waals surface area contributed by atoms with Gasteiger partial charge >= 0.3 is 0 Å². The molecule has 6 heteroatoms. The van der Waals surface area contributed by atoms with Crippen LogP contribution in [0.4, 0.5) is 4.39 Å². The molecule has 0 radical (unpaired) electrons. The average Bonchev–Trinajstić information content (AvgIpc) is 2.49. The van der Waals surface area contributed by atoms with E-state index < -0.39 is 0 Å². The zero-order valence-corrected chi connectivity index (χ0v) is 13.7. The second kappa shape index (κ2) is 8.38. The van der Waals surface area contributed by atoms with Crippen molar-refractivity contribution in [1.29, 1.82) is 0 Å². The number of hydrogen-bond donors (Lipinski definition) is 2. The highest BCUT2D eigenvalue weighted by molar-refractivity contribution is 5.78. The quantitative estimate of drug-likeness (QED) is 0.757. The molecular weight excluding hydrogens is 299 g/mol. The number of benzene rings is 1. The average molecular weight is 324 g/mol. The van der Waals surface area contributed by atoms with Gasteiger partial charge in [0.1, 0.15) is 5.82 Å². The van der Waals surface area contributed by atoms with Crippen molar-refractivity contribution in [3.8, 4) is 0 Å². The Morgan fingerprint density at radius 3 is 2.65 bits per heavy atom. The Morgan fingerprint density at radius 2 is 2.09 bits per heavy atom. The molecule has 1 amide bonds. The highest BCUT2D eigenvalue weighted by atomic mass is 19.1. The van der Waals surface area contributed by atoms with Crippen molar-refractivity contribution < 1.29 is 19.0 Å². The maximum atomic E-state index is 13.1. The predicted octanol–water partition coefficient (Wildman–Crippen LogP) is 1.33. The lowest BCUT2D eigenvalue weighted by Gasteiger charge is -2.38. The third-order valence-electron chi connectivity index (χ3n) is 4.26. The molecular formula is C17H25FN2O3. The van der Waals surface area contributed by atoms with Crippen LogP contribution < -0.4 is 5.32 Å². The molecule has 23 heavy (non-hydrogen) atoms. The summed E-state index contributed by atoms with van der Waals surface area (Å²) in [4.78, 5) is 14.1. The normalized spacial score (nSPS) is 21.8. The summed E-state index contributed by atoms with van der Waals surface area (Å²) in [6.07, 6.45) is 1.01. The maximum absolute atomic E-state index is 13.1. The van der Waals surface area contributed by atoms with Crippen LogP contribution in [0.3, 0.4) is 0 Å². The van der Waals surface area contributed by atoms with E-state index in [0.717, 1.165) is 5.56 Å². The molecule has 0 saturated heterocycles. The van der Waals surface area contributed by atoms with E-state index in [1.807, 2.05) is 11.9 Å². The molecule has 1 fully saturated rings. The summed E-state index contributed by atoms with van der Waals surface area (Å²) in [5, 5.41) is 12.6. The highest BCUT2D eigenvalue weighted by Crippen LogP contribution is 2.38. The fourth-order valence-corrected chi connectivity index (χ4v) is 2.84.